The quantitative estimate of drug-likeness (QED) is 0.577. The molecule has 2 aromatic rings. The van der Waals surface area contributed by atoms with Crippen LogP contribution in [0.3, 0.4) is 0 Å². The molecule has 0 aliphatic heterocycles. The number of aromatic nitrogens is 2. The molecule has 116 valence electrons. The van der Waals surface area contributed by atoms with Gasteiger partial charge in [0.2, 0.25) is 5.91 Å². The number of anilines is 1. The molecule has 2 rings (SSSR count). The number of nitrogens with one attached hydrogen (secondary N) is 1. The van der Waals surface area contributed by atoms with Crippen molar-refractivity contribution in [1.82, 2.24) is 9.78 Å². The summed E-state index contributed by atoms with van der Waals surface area (Å²) in [5, 5.41) is 17.6. The van der Waals surface area contributed by atoms with Crippen LogP contribution in [0.2, 0.25) is 0 Å². The van der Waals surface area contributed by atoms with E-state index in [1.165, 1.54) is 12.1 Å². The molecular formula is C13H12Br2N4O3. The molecule has 0 aliphatic rings. The Morgan fingerprint density at radius 1 is 1.41 bits per heavy atom. The van der Waals surface area contributed by atoms with Gasteiger partial charge in [-0.2, -0.15) is 5.10 Å². The van der Waals surface area contributed by atoms with Crippen molar-refractivity contribution < 1.29 is 9.72 Å². The van der Waals surface area contributed by atoms with Gasteiger partial charge in [-0.05, 0) is 44.8 Å². The van der Waals surface area contributed by atoms with Crippen LogP contribution in [-0.2, 0) is 11.3 Å². The smallest absolute Gasteiger partial charge is 0.271 e. The first-order valence-corrected chi connectivity index (χ1v) is 7.89. The molecule has 1 heterocycles. The number of non-ortho nitro benzene ring substituents is 1. The molecule has 0 bridgehead atoms. The highest BCUT2D eigenvalue weighted by Crippen LogP contribution is 2.35. The van der Waals surface area contributed by atoms with Gasteiger partial charge in [0, 0.05) is 45.9 Å². The third kappa shape index (κ3) is 3.92. The molecule has 7 nitrogen and oxygen atoms in total. The van der Waals surface area contributed by atoms with E-state index in [9.17, 15) is 14.9 Å². The Kier molecular flexibility index (Phi) is 5.30. The summed E-state index contributed by atoms with van der Waals surface area (Å²) in [5.74, 6) is -0.204. The Morgan fingerprint density at radius 3 is 2.55 bits per heavy atom. The Morgan fingerprint density at radius 2 is 2.05 bits per heavy atom. The maximum atomic E-state index is 12.0. The number of aryl methyl sites for hydroxylation is 2. The monoisotopic (exact) mass is 430 g/mol. The van der Waals surface area contributed by atoms with E-state index in [1.54, 1.807) is 10.9 Å². The third-order valence-electron chi connectivity index (χ3n) is 2.98. The number of nitro groups is 1. The van der Waals surface area contributed by atoms with Gasteiger partial charge in [-0.3, -0.25) is 19.6 Å². The number of benzene rings is 1. The maximum Gasteiger partial charge on any atom is 0.271 e. The first kappa shape index (κ1) is 16.6. The molecule has 1 aromatic carbocycles. The lowest BCUT2D eigenvalue weighted by atomic mass is 10.2. The fourth-order valence-corrected chi connectivity index (χ4v) is 3.19. The molecule has 22 heavy (non-hydrogen) atoms. The van der Waals surface area contributed by atoms with Gasteiger partial charge in [-0.15, -0.1) is 0 Å². The molecule has 1 N–H and O–H groups in total. The zero-order chi connectivity index (χ0) is 16.3. The van der Waals surface area contributed by atoms with Gasteiger partial charge >= 0.3 is 0 Å². The van der Waals surface area contributed by atoms with Crippen molar-refractivity contribution >= 4 is 49.1 Å². The topological polar surface area (TPSA) is 90.1 Å². The van der Waals surface area contributed by atoms with Crippen LogP contribution in [0, 0.1) is 17.0 Å². The molecule has 0 saturated carbocycles. The molecular weight excluding hydrogens is 420 g/mol. The van der Waals surface area contributed by atoms with Crippen LogP contribution >= 0.6 is 31.9 Å². The largest absolute Gasteiger partial charge is 0.324 e. The number of hydrogen-bond donors (Lipinski definition) is 1. The van der Waals surface area contributed by atoms with Crippen LogP contribution in [-0.4, -0.2) is 20.6 Å². The van der Waals surface area contributed by atoms with Crippen molar-refractivity contribution in [1.29, 1.82) is 0 Å². The summed E-state index contributed by atoms with van der Waals surface area (Å²) in [7, 11) is 0. The fraction of sp³-hybridized carbons (Fsp3) is 0.231. The van der Waals surface area contributed by atoms with Gasteiger partial charge in [-0.25, -0.2) is 0 Å². The maximum absolute atomic E-state index is 12.0. The molecule has 0 aliphatic carbocycles. The molecule has 0 fully saturated rings. The highest BCUT2D eigenvalue weighted by atomic mass is 79.9. The van der Waals surface area contributed by atoms with Crippen molar-refractivity contribution in [3.05, 3.63) is 49.1 Å². The van der Waals surface area contributed by atoms with E-state index >= 15 is 0 Å². The third-order valence-corrected chi connectivity index (χ3v) is 4.23. The predicted octanol–water partition coefficient (Wildman–Crippen LogP) is 3.65. The molecule has 0 saturated heterocycles. The van der Waals surface area contributed by atoms with Crippen molar-refractivity contribution in [3.63, 3.8) is 0 Å². The summed E-state index contributed by atoms with van der Waals surface area (Å²) >= 11 is 6.46. The normalized spacial score (nSPS) is 10.5. The number of nitrogens with zero attached hydrogens (tertiary/aromatic N) is 3. The first-order chi connectivity index (χ1) is 10.4. The van der Waals surface area contributed by atoms with Gasteiger partial charge in [0.25, 0.3) is 5.69 Å². The Bertz CT molecular complexity index is 707. The summed E-state index contributed by atoms with van der Waals surface area (Å²) < 4.78 is 2.62. The number of carbonyl (C=O) groups is 1. The molecule has 9 heteroatoms. The SMILES string of the molecule is Cc1ccnn1CCC(=O)Nc1c(Br)cc([N+](=O)[O-])cc1Br. The highest BCUT2D eigenvalue weighted by Gasteiger charge is 2.16. The molecule has 0 radical (unpaired) electrons. The summed E-state index contributed by atoms with van der Waals surface area (Å²) in [5.41, 5.74) is 1.38. The van der Waals surface area contributed by atoms with Crippen molar-refractivity contribution in [3.8, 4) is 0 Å². The van der Waals surface area contributed by atoms with Crippen LogP contribution < -0.4 is 5.32 Å². The van der Waals surface area contributed by atoms with Crippen LogP contribution in [0.1, 0.15) is 12.1 Å². The fourth-order valence-electron chi connectivity index (χ4n) is 1.83. The number of halogens is 2. The van der Waals surface area contributed by atoms with E-state index in [0.717, 1.165) is 5.69 Å². The lowest BCUT2D eigenvalue weighted by molar-refractivity contribution is -0.385. The molecule has 0 unspecified atom stereocenters. The van der Waals surface area contributed by atoms with E-state index < -0.39 is 4.92 Å². The van der Waals surface area contributed by atoms with Crippen LogP contribution in [0.4, 0.5) is 11.4 Å². The van der Waals surface area contributed by atoms with E-state index in [0.29, 0.717) is 21.2 Å². The summed E-state index contributed by atoms with van der Waals surface area (Å²) in [6.07, 6.45) is 1.93. The minimum absolute atomic E-state index is 0.0658. The van der Waals surface area contributed by atoms with Crippen molar-refractivity contribution in [2.75, 3.05) is 5.32 Å². The van der Waals surface area contributed by atoms with Gasteiger partial charge in [0.05, 0.1) is 10.6 Å². The second-order valence-corrected chi connectivity index (χ2v) is 6.24. The lowest BCUT2D eigenvalue weighted by Gasteiger charge is -2.10. The predicted molar refractivity (Wildman–Crippen MR) is 88.7 cm³/mol. The van der Waals surface area contributed by atoms with Crippen molar-refractivity contribution in [2.45, 2.75) is 19.9 Å². The Labute approximate surface area is 143 Å². The van der Waals surface area contributed by atoms with E-state index in [-0.39, 0.29) is 18.0 Å². The van der Waals surface area contributed by atoms with Gasteiger partial charge in [-0.1, -0.05) is 0 Å². The Balaban J connectivity index is 2.05. The average Bonchev–Trinajstić information content (AvgIpc) is 2.85. The number of hydrogen-bond acceptors (Lipinski definition) is 4. The molecule has 0 atom stereocenters. The zero-order valence-corrected chi connectivity index (χ0v) is 14.7. The van der Waals surface area contributed by atoms with Gasteiger partial charge < -0.3 is 5.32 Å². The van der Waals surface area contributed by atoms with E-state index in [2.05, 4.69) is 42.3 Å². The lowest BCUT2D eigenvalue weighted by Crippen LogP contribution is -2.16. The minimum Gasteiger partial charge on any atom is -0.324 e. The average molecular weight is 432 g/mol. The molecule has 1 amide bonds. The van der Waals surface area contributed by atoms with Crippen molar-refractivity contribution in [2.24, 2.45) is 0 Å². The molecule has 1 aromatic heterocycles. The number of nitro benzene ring substituents is 1. The standard InChI is InChI=1S/C13H12Br2N4O3/c1-8-2-4-16-18(8)5-3-12(20)17-13-10(14)6-9(19(21)22)7-11(13)15/h2,4,6-7H,3,5H2,1H3,(H,17,20). The van der Waals surface area contributed by atoms with Crippen LogP contribution in [0.25, 0.3) is 0 Å². The highest BCUT2D eigenvalue weighted by molar-refractivity contribution is 9.11. The second kappa shape index (κ2) is 7.01. The summed E-state index contributed by atoms with van der Waals surface area (Å²) in [6.45, 7) is 2.38. The number of amides is 1. The molecule has 0 spiro atoms. The Hall–Kier alpha value is -1.74. The van der Waals surface area contributed by atoms with E-state index in [4.69, 9.17) is 0 Å². The van der Waals surface area contributed by atoms with Crippen LogP contribution in [0.5, 0.6) is 0 Å². The summed E-state index contributed by atoms with van der Waals surface area (Å²) in [6, 6.07) is 4.55. The van der Waals surface area contributed by atoms with Gasteiger partial charge in [0.15, 0.2) is 0 Å². The second-order valence-electron chi connectivity index (χ2n) is 4.54. The number of carbonyl (C=O) groups excluding carboxylic acids is 1. The zero-order valence-electron chi connectivity index (χ0n) is 11.5. The van der Waals surface area contributed by atoms with E-state index in [1.807, 2.05) is 13.0 Å². The number of rotatable bonds is 5. The summed E-state index contributed by atoms with van der Waals surface area (Å²) in [4.78, 5) is 22.3. The van der Waals surface area contributed by atoms with Gasteiger partial charge in [0.1, 0.15) is 0 Å². The minimum atomic E-state index is -0.498. The van der Waals surface area contributed by atoms with Crippen LogP contribution in [0.15, 0.2) is 33.3 Å². The first-order valence-electron chi connectivity index (χ1n) is 6.30.